The van der Waals surface area contributed by atoms with E-state index in [1.54, 1.807) is 38.1 Å². The summed E-state index contributed by atoms with van der Waals surface area (Å²) < 4.78 is 14.7. The molecule has 0 fully saturated rings. The van der Waals surface area contributed by atoms with E-state index in [1.165, 1.54) is 28.6 Å². The molecule has 21 heavy (non-hydrogen) atoms. The van der Waals surface area contributed by atoms with E-state index in [1.807, 2.05) is 0 Å². The summed E-state index contributed by atoms with van der Waals surface area (Å²) in [5.74, 6) is -0.367. The minimum atomic E-state index is -0.326. The zero-order valence-corrected chi connectivity index (χ0v) is 12.8. The lowest BCUT2D eigenvalue weighted by Gasteiger charge is -2.20. The molecule has 0 radical (unpaired) electrons. The fraction of sp³-hybridized carbons (Fsp3) is 0.385. The highest BCUT2D eigenvalue weighted by Gasteiger charge is 2.21. The SMILES string of the molecule is CC(Sc1nnnn1C)C(=O)N(C)Cc1cccc(F)c1. The number of carbonyl (C=O) groups is 1. The first-order chi connectivity index (χ1) is 9.97. The van der Waals surface area contributed by atoms with E-state index in [0.29, 0.717) is 11.7 Å². The van der Waals surface area contributed by atoms with Crippen molar-refractivity contribution >= 4 is 17.7 Å². The molecule has 0 saturated carbocycles. The molecular formula is C13H16FN5OS. The van der Waals surface area contributed by atoms with E-state index in [4.69, 9.17) is 0 Å². The van der Waals surface area contributed by atoms with Gasteiger partial charge in [0, 0.05) is 20.6 Å². The number of hydrogen-bond donors (Lipinski definition) is 0. The summed E-state index contributed by atoms with van der Waals surface area (Å²) in [7, 11) is 3.41. The lowest BCUT2D eigenvalue weighted by atomic mass is 10.2. The molecule has 1 aromatic carbocycles. The number of benzene rings is 1. The first-order valence-electron chi connectivity index (χ1n) is 6.36. The molecule has 0 spiro atoms. The normalized spacial score (nSPS) is 12.2. The summed E-state index contributed by atoms with van der Waals surface area (Å²) in [5.41, 5.74) is 0.753. The Labute approximate surface area is 126 Å². The van der Waals surface area contributed by atoms with Crippen molar-refractivity contribution in [2.24, 2.45) is 7.05 Å². The van der Waals surface area contributed by atoms with Crippen LogP contribution in [0.15, 0.2) is 29.4 Å². The van der Waals surface area contributed by atoms with Crippen molar-refractivity contribution < 1.29 is 9.18 Å². The van der Waals surface area contributed by atoms with Crippen molar-refractivity contribution in [2.75, 3.05) is 7.05 Å². The molecule has 0 saturated heterocycles. The van der Waals surface area contributed by atoms with Crippen LogP contribution in [0.25, 0.3) is 0 Å². The van der Waals surface area contributed by atoms with Gasteiger partial charge >= 0.3 is 0 Å². The van der Waals surface area contributed by atoms with Gasteiger partial charge in [-0.05, 0) is 35.0 Å². The topological polar surface area (TPSA) is 63.9 Å². The van der Waals surface area contributed by atoms with Crippen LogP contribution in [0.4, 0.5) is 4.39 Å². The van der Waals surface area contributed by atoms with Crippen LogP contribution in [0.1, 0.15) is 12.5 Å². The molecule has 6 nitrogen and oxygen atoms in total. The van der Waals surface area contributed by atoms with Gasteiger partial charge in [-0.1, -0.05) is 23.9 Å². The molecule has 0 N–H and O–H groups in total. The van der Waals surface area contributed by atoms with Crippen molar-refractivity contribution in [3.63, 3.8) is 0 Å². The molecule has 1 unspecified atom stereocenters. The highest BCUT2D eigenvalue weighted by Crippen LogP contribution is 2.21. The second kappa shape index (κ2) is 6.66. The van der Waals surface area contributed by atoms with Crippen molar-refractivity contribution in [2.45, 2.75) is 23.9 Å². The third-order valence-corrected chi connectivity index (χ3v) is 4.01. The van der Waals surface area contributed by atoms with E-state index < -0.39 is 0 Å². The summed E-state index contributed by atoms with van der Waals surface area (Å²) >= 11 is 1.29. The second-order valence-corrected chi connectivity index (χ2v) is 5.98. The number of thioether (sulfide) groups is 1. The predicted molar refractivity (Wildman–Crippen MR) is 77.0 cm³/mol. The maximum atomic E-state index is 13.1. The second-order valence-electron chi connectivity index (χ2n) is 4.67. The molecule has 8 heteroatoms. The highest BCUT2D eigenvalue weighted by molar-refractivity contribution is 8.00. The monoisotopic (exact) mass is 309 g/mol. The van der Waals surface area contributed by atoms with Crippen molar-refractivity contribution in [3.8, 4) is 0 Å². The molecule has 0 aliphatic carbocycles. The van der Waals surface area contributed by atoms with Gasteiger partial charge in [0.15, 0.2) is 0 Å². The fourth-order valence-corrected chi connectivity index (χ4v) is 2.70. The summed E-state index contributed by atoms with van der Waals surface area (Å²) in [6, 6.07) is 6.22. The van der Waals surface area contributed by atoms with Gasteiger partial charge in [0.05, 0.1) is 5.25 Å². The first kappa shape index (κ1) is 15.4. The maximum Gasteiger partial charge on any atom is 0.235 e. The lowest BCUT2D eigenvalue weighted by molar-refractivity contribution is -0.129. The third-order valence-electron chi connectivity index (χ3n) is 2.90. The molecule has 1 heterocycles. The average molecular weight is 309 g/mol. The minimum absolute atomic E-state index is 0.0627. The van der Waals surface area contributed by atoms with Crippen LogP contribution in [-0.4, -0.2) is 43.3 Å². The minimum Gasteiger partial charge on any atom is -0.340 e. The Bertz CT molecular complexity index is 633. The van der Waals surface area contributed by atoms with Gasteiger partial charge in [-0.2, -0.15) is 0 Å². The van der Waals surface area contributed by atoms with E-state index in [9.17, 15) is 9.18 Å². The zero-order chi connectivity index (χ0) is 15.4. The molecule has 0 aliphatic heterocycles. The Morgan fingerprint density at radius 2 is 2.29 bits per heavy atom. The molecule has 1 aromatic heterocycles. The molecule has 2 rings (SSSR count). The van der Waals surface area contributed by atoms with Crippen molar-refractivity contribution in [1.29, 1.82) is 0 Å². The number of carbonyl (C=O) groups excluding carboxylic acids is 1. The van der Waals surface area contributed by atoms with Crippen molar-refractivity contribution in [3.05, 3.63) is 35.6 Å². The maximum absolute atomic E-state index is 13.1. The van der Waals surface area contributed by atoms with E-state index in [2.05, 4.69) is 15.5 Å². The molecule has 1 atom stereocenters. The number of halogens is 1. The van der Waals surface area contributed by atoms with Gasteiger partial charge in [0.2, 0.25) is 11.1 Å². The van der Waals surface area contributed by atoms with Gasteiger partial charge in [-0.15, -0.1) is 5.10 Å². The van der Waals surface area contributed by atoms with Gasteiger partial charge in [-0.3, -0.25) is 4.79 Å². The van der Waals surface area contributed by atoms with Gasteiger partial charge in [0.25, 0.3) is 0 Å². The molecular weight excluding hydrogens is 293 g/mol. The Balaban J connectivity index is 1.97. The number of hydrogen-bond acceptors (Lipinski definition) is 5. The standard InChI is InChI=1S/C13H16FN5OS/c1-9(21-13-15-16-17-19(13)3)12(20)18(2)8-10-5-4-6-11(14)7-10/h4-7,9H,8H2,1-3H3. The Hall–Kier alpha value is -1.96. The van der Waals surface area contributed by atoms with Crippen LogP contribution in [-0.2, 0) is 18.4 Å². The molecule has 1 amide bonds. The first-order valence-corrected chi connectivity index (χ1v) is 7.24. The third kappa shape index (κ3) is 4.01. The average Bonchev–Trinajstić information content (AvgIpc) is 2.83. The van der Waals surface area contributed by atoms with E-state index in [-0.39, 0.29) is 17.0 Å². The van der Waals surface area contributed by atoms with Crippen molar-refractivity contribution in [1.82, 2.24) is 25.1 Å². The van der Waals surface area contributed by atoms with Crippen LogP contribution >= 0.6 is 11.8 Å². The summed E-state index contributed by atoms with van der Waals surface area (Å²) in [6.45, 7) is 2.16. The molecule has 0 bridgehead atoms. The molecule has 2 aromatic rings. The number of aryl methyl sites for hydroxylation is 1. The highest BCUT2D eigenvalue weighted by atomic mass is 32.2. The number of tetrazole rings is 1. The number of nitrogens with zero attached hydrogens (tertiary/aromatic N) is 5. The molecule has 112 valence electrons. The largest absolute Gasteiger partial charge is 0.340 e. The van der Waals surface area contributed by atoms with Crippen LogP contribution < -0.4 is 0 Å². The Kier molecular flexibility index (Phi) is 4.89. The smallest absolute Gasteiger partial charge is 0.235 e. The Morgan fingerprint density at radius 3 is 2.90 bits per heavy atom. The zero-order valence-electron chi connectivity index (χ0n) is 12.0. The van der Waals surface area contributed by atoms with E-state index in [0.717, 1.165) is 5.56 Å². The fourth-order valence-electron chi connectivity index (χ4n) is 1.83. The van der Waals surface area contributed by atoms with Gasteiger partial charge in [-0.25, -0.2) is 9.07 Å². The Morgan fingerprint density at radius 1 is 1.52 bits per heavy atom. The summed E-state index contributed by atoms with van der Waals surface area (Å²) in [4.78, 5) is 13.9. The summed E-state index contributed by atoms with van der Waals surface area (Å²) in [6.07, 6.45) is 0. The quantitative estimate of drug-likeness (QED) is 0.783. The summed E-state index contributed by atoms with van der Waals surface area (Å²) in [5, 5.41) is 11.3. The van der Waals surface area contributed by atoms with Crippen LogP contribution in [0.2, 0.25) is 0 Å². The van der Waals surface area contributed by atoms with Crippen LogP contribution in [0.3, 0.4) is 0 Å². The van der Waals surface area contributed by atoms with Gasteiger partial charge in [0.1, 0.15) is 5.82 Å². The predicted octanol–water partition coefficient (Wildman–Crippen LogP) is 1.49. The number of rotatable bonds is 5. The number of amides is 1. The lowest BCUT2D eigenvalue weighted by Crippen LogP contribution is -2.33. The van der Waals surface area contributed by atoms with Crippen LogP contribution in [0.5, 0.6) is 0 Å². The van der Waals surface area contributed by atoms with E-state index >= 15 is 0 Å². The number of aromatic nitrogens is 4. The van der Waals surface area contributed by atoms with Gasteiger partial charge < -0.3 is 4.90 Å². The van der Waals surface area contributed by atoms with Crippen LogP contribution in [0, 0.1) is 5.82 Å². The molecule has 0 aliphatic rings.